The van der Waals surface area contributed by atoms with Gasteiger partial charge in [-0.1, -0.05) is 5.16 Å². The minimum atomic E-state index is -1.21. The van der Waals surface area contributed by atoms with Crippen molar-refractivity contribution in [3.8, 4) is 6.07 Å². The summed E-state index contributed by atoms with van der Waals surface area (Å²) in [5.41, 5.74) is -0.815. The molecule has 0 fully saturated rings. The van der Waals surface area contributed by atoms with Crippen LogP contribution >= 0.6 is 0 Å². The molecule has 0 aromatic carbocycles. The van der Waals surface area contributed by atoms with Crippen molar-refractivity contribution in [3.63, 3.8) is 0 Å². The Morgan fingerprint density at radius 3 is 2.69 bits per heavy atom. The number of carbonyl (C=O) groups is 1. The smallest absolute Gasteiger partial charge is 0.371 e. The summed E-state index contributed by atoms with van der Waals surface area (Å²) < 4.78 is 4.28. The van der Waals surface area contributed by atoms with Crippen molar-refractivity contribution in [2.45, 2.75) is 6.10 Å². The minimum absolute atomic E-state index is 0.462. The van der Waals surface area contributed by atoms with E-state index in [-0.39, 0.29) is 0 Å². The number of rotatable bonds is 4. The lowest BCUT2D eigenvalue weighted by atomic mass is 10.4. The number of ether oxygens (including phenoxy) is 1. The predicted molar refractivity (Wildman–Crippen MR) is 38.9 cm³/mol. The fourth-order valence-electron chi connectivity index (χ4n) is 0.402. The zero-order chi connectivity index (χ0) is 10.3. The van der Waals surface area contributed by atoms with E-state index < -0.39 is 31.0 Å². The largest absolute Gasteiger partial charge is 0.457 e. The van der Waals surface area contributed by atoms with Crippen molar-refractivity contribution in [1.82, 2.24) is 0 Å². The van der Waals surface area contributed by atoms with Crippen LogP contribution in [-0.2, 0) is 9.53 Å². The lowest BCUT2D eigenvalue weighted by Gasteiger charge is -2.06. The van der Waals surface area contributed by atoms with Gasteiger partial charge in [0.2, 0.25) is 0 Å². The van der Waals surface area contributed by atoms with Gasteiger partial charge in [-0.15, -0.1) is 0 Å². The predicted octanol–water partition coefficient (Wildman–Crippen LogP) is -1.76. The van der Waals surface area contributed by atoms with Crippen LogP contribution < -0.4 is 0 Å². The van der Waals surface area contributed by atoms with Crippen LogP contribution in [0.4, 0.5) is 0 Å². The average Bonchev–Trinajstić information content (AvgIpc) is 2.16. The van der Waals surface area contributed by atoms with E-state index in [4.69, 9.17) is 20.7 Å². The third-order valence-corrected chi connectivity index (χ3v) is 1.02. The van der Waals surface area contributed by atoms with E-state index in [1.165, 1.54) is 6.07 Å². The fraction of sp³-hybridized carbons (Fsp3) is 0.500. The highest BCUT2D eigenvalue weighted by molar-refractivity contribution is 6.42. The summed E-state index contributed by atoms with van der Waals surface area (Å²) in [5, 5.41) is 35.6. The summed E-state index contributed by atoms with van der Waals surface area (Å²) in [5.74, 6) is -1.16. The second-order valence-corrected chi connectivity index (χ2v) is 2.00. The molecule has 0 spiro atoms. The topological polar surface area (TPSA) is 123 Å². The second-order valence-electron chi connectivity index (χ2n) is 2.00. The van der Waals surface area contributed by atoms with Gasteiger partial charge >= 0.3 is 5.97 Å². The maximum Gasteiger partial charge on any atom is 0.371 e. The Hall–Kier alpha value is -1.65. The second kappa shape index (κ2) is 5.93. The number of hydrogen-bond acceptors (Lipinski definition) is 7. The van der Waals surface area contributed by atoms with Crippen molar-refractivity contribution in [3.05, 3.63) is 0 Å². The SMILES string of the molecule is N#C/C(=N/O)C(=O)OCC(O)CO. The molecule has 0 radical (unpaired) electrons. The third-order valence-electron chi connectivity index (χ3n) is 1.02. The van der Waals surface area contributed by atoms with Gasteiger partial charge in [-0.25, -0.2) is 4.79 Å². The molecule has 0 aromatic rings. The number of aliphatic hydroxyl groups is 2. The molecule has 0 aromatic heterocycles. The van der Waals surface area contributed by atoms with E-state index in [2.05, 4.69) is 9.89 Å². The molecule has 7 nitrogen and oxygen atoms in total. The molecule has 7 heteroatoms. The van der Waals surface area contributed by atoms with Crippen LogP contribution in [0, 0.1) is 11.3 Å². The summed E-state index contributed by atoms with van der Waals surface area (Å²) in [7, 11) is 0. The molecule has 0 aliphatic heterocycles. The first-order valence-electron chi connectivity index (χ1n) is 3.24. The zero-order valence-electron chi connectivity index (χ0n) is 6.54. The van der Waals surface area contributed by atoms with Crippen molar-refractivity contribution < 1.29 is 25.0 Å². The number of nitrogens with zero attached hydrogens (tertiary/aromatic N) is 2. The van der Waals surface area contributed by atoms with Crippen molar-refractivity contribution in [1.29, 1.82) is 5.26 Å². The lowest BCUT2D eigenvalue weighted by Crippen LogP contribution is -2.25. The highest BCUT2D eigenvalue weighted by atomic mass is 16.5. The number of esters is 1. The summed E-state index contributed by atoms with van der Waals surface area (Å²) in [6, 6.07) is 1.27. The standard InChI is InChI=1S/C6H8N2O5/c7-1-5(8-12)6(11)13-3-4(10)2-9/h4,9-10,12H,2-3H2/b8-5-. The molecular formula is C6H8N2O5. The molecule has 1 unspecified atom stereocenters. The van der Waals surface area contributed by atoms with E-state index in [1.807, 2.05) is 0 Å². The molecule has 0 heterocycles. The van der Waals surface area contributed by atoms with Gasteiger partial charge in [0.05, 0.1) is 6.61 Å². The summed E-state index contributed by atoms with van der Waals surface area (Å²) >= 11 is 0. The summed E-state index contributed by atoms with van der Waals surface area (Å²) in [6.07, 6.45) is -1.21. The molecule has 0 aliphatic carbocycles. The highest BCUT2D eigenvalue weighted by Crippen LogP contribution is 1.87. The Morgan fingerprint density at radius 2 is 2.31 bits per heavy atom. The van der Waals surface area contributed by atoms with Crippen LogP contribution in [0.25, 0.3) is 0 Å². The minimum Gasteiger partial charge on any atom is -0.457 e. The van der Waals surface area contributed by atoms with Gasteiger partial charge in [0.15, 0.2) is 0 Å². The highest BCUT2D eigenvalue weighted by Gasteiger charge is 2.14. The van der Waals surface area contributed by atoms with Crippen molar-refractivity contribution >= 4 is 11.7 Å². The van der Waals surface area contributed by atoms with Crippen LogP contribution in [0.5, 0.6) is 0 Å². The normalized spacial score (nSPS) is 13.2. The molecular weight excluding hydrogens is 180 g/mol. The Labute approximate surface area is 73.5 Å². The Balaban J connectivity index is 3.96. The molecule has 3 N–H and O–H groups in total. The van der Waals surface area contributed by atoms with E-state index in [9.17, 15) is 4.79 Å². The van der Waals surface area contributed by atoms with Crippen molar-refractivity contribution in [2.24, 2.45) is 5.16 Å². The number of nitriles is 1. The monoisotopic (exact) mass is 188 g/mol. The van der Waals surface area contributed by atoms with Gasteiger partial charge in [0.1, 0.15) is 18.8 Å². The van der Waals surface area contributed by atoms with E-state index in [0.29, 0.717) is 0 Å². The van der Waals surface area contributed by atoms with E-state index in [0.717, 1.165) is 0 Å². The lowest BCUT2D eigenvalue weighted by molar-refractivity contribution is -0.139. The van der Waals surface area contributed by atoms with Crippen LogP contribution in [0.1, 0.15) is 0 Å². The number of hydrogen-bond donors (Lipinski definition) is 3. The van der Waals surface area contributed by atoms with Gasteiger partial charge < -0.3 is 20.2 Å². The average molecular weight is 188 g/mol. The number of carbonyl (C=O) groups excluding carboxylic acids is 1. The Bertz CT molecular complexity index is 244. The van der Waals surface area contributed by atoms with Crippen molar-refractivity contribution in [2.75, 3.05) is 13.2 Å². The molecule has 1 atom stereocenters. The van der Waals surface area contributed by atoms with Crippen LogP contribution in [0.15, 0.2) is 5.16 Å². The van der Waals surface area contributed by atoms with Crippen LogP contribution in [0.3, 0.4) is 0 Å². The summed E-state index contributed by atoms with van der Waals surface area (Å²) in [6.45, 7) is -1.03. The third kappa shape index (κ3) is 4.05. The quantitative estimate of drug-likeness (QED) is 0.208. The van der Waals surface area contributed by atoms with Gasteiger partial charge in [0.25, 0.3) is 5.71 Å². The van der Waals surface area contributed by atoms with Crippen LogP contribution in [0.2, 0.25) is 0 Å². The maximum absolute atomic E-state index is 10.7. The maximum atomic E-state index is 10.7. The molecule has 13 heavy (non-hydrogen) atoms. The molecule has 0 aliphatic rings. The Morgan fingerprint density at radius 1 is 1.69 bits per heavy atom. The first kappa shape index (κ1) is 11.4. The molecule has 0 bridgehead atoms. The van der Waals surface area contributed by atoms with E-state index >= 15 is 0 Å². The Kier molecular flexibility index (Phi) is 5.18. The van der Waals surface area contributed by atoms with Gasteiger partial charge in [-0.2, -0.15) is 5.26 Å². The van der Waals surface area contributed by atoms with Gasteiger partial charge in [0, 0.05) is 0 Å². The number of oxime groups is 1. The first-order valence-corrected chi connectivity index (χ1v) is 3.24. The van der Waals surface area contributed by atoms with E-state index in [1.54, 1.807) is 0 Å². The molecule has 0 saturated heterocycles. The zero-order valence-corrected chi connectivity index (χ0v) is 6.54. The van der Waals surface area contributed by atoms with Gasteiger partial charge in [-0.3, -0.25) is 0 Å². The number of aliphatic hydroxyl groups excluding tert-OH is 2. The fourth-order valence-corrected chi connectivity index (χ4v) is 0.402. The summed E-state index contributed by atoms with van der Waals surface area (Å²) in [4.78, 5) is 10.7. The molecule has 0 saturated carbocycles. The van der Waals surface area contributed by atoms with Crippen LogP contribution in [-0.4, -0.2) is 46.4 Å². The molecule has 0 rings (SSSR count). The first-order chi connectivity index (χ1) is 6.15. The van der Waals surface area contributed by atoms with Gasteiger partial charge in [-0.05, 0) is 0 Å². The molecule has 0 amide bonds. The molecule has 72 valence electrons.